The molecule has 4 rings (SSSR count). The van der Waals surface area contributed by atoms with Gasteiger partial charge in [-0.1, -0.05) is 54.6 Å². The van der Waals surface area contributed by atoms with Gasteiger partial charge in [0.05, 0.1) is 4.88 Å². The number of carbonyl (C=O) groups excluding carboxylic acids is 1. The van der Waals surface area contributed by atoms with Gasteiger partial charge in [0.25, 0.3) is 5.56 Å². The Hall–Kier alpha value is -3.51. The number of anilines is 1. The van der Waals surface area contributed by atoms with E-state index in [2.05, 4.69) is 10.4 Å². The summed E-state index contributed by atoms with van der Waals surface area (Å²) in [5.41, 5.74) is 2.98. The van der Waals surface area contributed by atoms with Crippen LogP contribution < -0.4 is 10.9 Å². The van der Waals surface area contributed by atoms with Crippen molar-refractivity contribution < 1.29 is 4.79 Å². The summed E-state index contributed by atoms with van der Waals surface area (Å²) in [6.07, 6.45) is 0. The number of benzene rings is 2. The number of amides is 1. The van der Waals surface area contributed by atoms with Crippen molar-refractivity contribution in [3.63, 3.8) is 0 Å². The van der Waals surface area contributed by atoms with Crippen LogP contribution in [0.2, 0.25) is 0 Å². The Bertz CT molecular complexity index is 1150. The smallest absolute Gasteiger partial charge is 0.267 e. The molecule has 4 aromatic rings. The van der Waals surface area contributed by atoms with Crippen LogP contribution in [0.15, 0.2) is 89.0 Å². The van der Waals surface area contributed by atoms with Crippen LogP contribution in [-0.4, -0.2) is 15.7 Å². The summed E-state index contributed by atoms with van der Waals surface area (Å²) in [5.74, 6) is -0.304. The molecule has 28 heavy (non-hydrogen) atoms. The van der Waals surface area contributed by atoms with Crippen molar-refractivity contribution >= 4 is 22.9 Å². The first kappa shape index (κ1) is 17.9. The van der Waals surface area contributed by atoms with Gasteiger partial charge < -0.3 is 5.32 Å². The highest BCUT2D eigenvalue weighted by molar-refractivity contribution is 7.13. The summed E-state index contributed by atoms with van der Waals surface area (Å²) in [5, 5.41) is 9.18. The zero-order valence-corrected chi connectivity index (χ0v) is 15.7. The molecule has 0 aliphatic rings. The number of rotatable bonds is 5. The molecule has 0 fully saturated rings. The van der Waals surface area contributed by atoms with E-state index in [9.17, 15) is 9.59 Å². The Morgan fingerprint density at radius 2 is 1.71 bits per heavy atom. The Morgan fingerprint density at radius 3 is 2.50 bits per heavy atom. The zero-order valence-electron chi connectivity index (χ0n) is 14.9. The molecule has 0 saturated heterocycles. The van der Waals surface area contributed by atoms with Gasteiger partial charge in [0, 0.05) is 17.3 Å². The molecular weight excluding hydrogens is 370 g/mol. The predicted molar refractivity (Wildman–Crippen MR) is 112 cm³/mol. The molecule has 6 heteroatoms. The number of nitrogens with one attached hydrogen (secondary N) is 1. The second kappa shape index (κ2) is 8.02. The number of thiophene rings is 1. The lowest BCUT2D eigenvalue weighted by molar-refractivity contribution is -0.117. The standard InChI is InChI=1S/C22H17N3O2S/c26-21(15-25-22(27)13-12-19(24-25)20-11-6-14-28-20)23-18-10-5-4-9-17(18)16-7-2-1-3-8-16/h1-14H,15H2,(H,23,26). The van der Waals surface area contributed by atoms with Crippen molar-refractivity contribution in [1.82, 2.24) is 9.78 Å². The van der Waals surface area contributed by atoms with Crippen molar-refractivity contribution in [1.29, 1.82) is 0 Å². The van der Waals surface area contributed by atoms with Gasteiger partial charge in [0.1, 0.15) is 12.2 Å². The molecule has 1 amide bonds. The minimum atomic E-state index is -0.313. The third-order valence-corrected chi connectivity index (χ3v) is 5.11. The summed E-state index contributed by atoms with van der Waals surface area (Å²) < 4.78 is 1.19. The van der Waals surface area contributed by atoms with Crippen molar-refractivity contribution in [3.05, 3.63) is 94.6 Å². The molecule has 2 aromatic heterocycles. The quantitative estimate of drug-likeness (QED) is 0.556. The second-order valence-electron chi connectivity index (χ2n) is 6.15. The minimum Gasteiger partial charge on any atom is -0.324 e. The molecule has 2 heterocycles. The first-order valence-corrected chi connectivity index (χ1v) is 9.65. The Morgan fingerprint density at radius 1 is 0.929 bits per heavy atom. The predicted octanol–water partition coefficient (Wildman–Crippen LogP) is 4.28. The second-order valence-corrected chi connectivity index (χ2v) is 7.10. The molecule has 0 saturated carbocycles. The van der Waals surface area contributed by atoms with Gasteiger partial charge in [-0.05, 0) is 29.1 Å². The lowest BCUT2D eigenvalue weighted by atomic mass is 10.0. The van der Waals surface area contributed by atoms with E-state index in [0.717, 1.165) is 16.0 Å². The van der Waals surface area contributed by atoms with Gasteiger partial charge in [-0.25, -0.2) is 4.68 Å². The summed E-state index contributed by atoms with van der Waals surface area (Å²) >= 11 is 1.53. The van der Waals surface area contributed by atoms with Crippen LogP contribution in [0.5, 0.6) is 0 Å². The van der Waals surface area contributed by atoms with Crippen LogP contribution in [0.3, 0.4) is 0 Å². The normalized spacial score (nSPS) is 10.6. The van der Waals surface area contributed by atoms with Gasteiger partial charge in [0.2, 0.25) is 5.91 Å². The van der Waals surface area contributed by atoms with E-state index in [1.807, 2.05) is 72.1 Å². The first-order valence-electron chi connectivity index (χ1n) is 8.77. The molecule has 5 nitrogen and oxygen atoms in total. The summed E-state index contributed by atoms with van der Waals surface area (Å²) in [6, 6.07) is 24.4. The fourth-order valence-corrected chi connectivity index (χ4v) is 3.60. The van der Waals surface area contributed by atoms with Crippen LogP contribution in [0, 0.1) is 0 Å². The Balaban J connectivity index is 1.57. The first-order chi connectivity index (χ1) is 13.7. The van der Waals surface area contributed by atoms with E-state index in [0.29, 0.717) is 11.4 Å². The SMILES string of the molecule is O=C(Cn1nc(-c2cccs2)ccc1=O)Nc1ccccc1-c1ccccc1. The van der Waals surface area contributed by atoms with Crippen LogP contribution in [0.1, 0.15) is 0 Å². The third-order valence-electron chi connectivity index (χ3n) is 4.22. The van der Waals surface area contributed by atoms with Gasteiger partial charge in [-0.2, -0.15) is 5.10 Å². The average molecular weight is 387 g/mol. The Labute approximate surface area is 165 Å². The van der Waals surface area contributed by atoms with E-state index in [1.165, 1.54) is 22.1 Å². The number of aromatic nitrogens is 2. The summed E-state index contributed by atoms with van der Waals surface area (Å²) in [6.45, 7) is -0.152. The van der Waals surface area contributed by atoms with Gasteiger partial charge >= 0.3 is 0 Å². The molecule has 0 radical (unpaired) electrons. The highest BCUT2D eigenvalue weighted by Gasteiger charge is 2.11. The number of carbonyl (C=O) groups is 1. The largest absolute Gasteiger partial charge is 0.324 e. The molecule has 0 atom stereocenters. The lowest BCUT2D eigenvalue weighted by Gasteiger charge is -2.12. The highest BCUT2D eigenvalue weighted by atomic mass is 32.1. The molecular formula is C22H17N3O2S. The molecule has 2 aromatic carbocycles. The summed E-state index contributed by atoms with van der Waals surface area (Å²) in [4.78, 5) is 25.7. The molecule has 0 bridgehead atoms. The maximum Gasteiger partial charge on any atom is 0.267 e. The van der Waals surface area contributed by atoms with E-state index in [4.69, 9.17) is 0 Å². The molecule has 0 unspecified atom stereocenters. The molecule has 0 aliphatic heterocycles. The number of para-hydroxylation sites is 1. The van der Waals surface area contributed by atoms with Gasteiger partial charge in [-0.3, -0.25) is 9.59 Å². The minimum absolute atomic E-state index is 0.152. The molecule has 138 valence electrons. The monoisotopic (exact) mass is 387 g/mol. The van der Waals surface area contributed by atoms with E-state index >= 15 is 0 Å². The summed E-state index contributed by atoms with van der Waals surface area (Å²) in [7, 11) is 0. The zero-order chi connectivity index (χ0) is 19.3. The van der Waals surface area contributed by atoms with Gasteiger partial charge in [-0.15, -0.1) is 11.3 Å². The highest BCUT2D eigenvalue weighted by Crippen LogP contribution is 2.27. The van der Waals surface area contributed by atoms with Crippen LogP contribution in [-0.2, 0) is 11.3 Å². The maximum atomic E-state index is 12.6. The van der Waals surface area contributed by atoms with E-state index in [-0.39, 0.29) is 18.0 Å². The molecule has 0 spiro atoms. The van der Waals surface area contributed by atoms with Gasteiger partial charge in [0.15, 0.2) is 0 Å². The van der Waals surface area contributed by atoms with Crippen molar-refractivity contribution in [3.8, 4) is 21.7 Å². The van der Waals surface area contributed by atoms with Crippen molar-refractivity contribution in [2.45, 2.75) is 6.54 Å². The number of hydrogen-bond acceptors (Lipinski definition) is 4. The third kappa shape index (κ3) is 3.92. The van der Waals surface area contributed by atoms with E-state index in [1.54, 1.807) is 6.07 Å². The fraction of sp³-hybridized carbons (Fsp3) is 0.0455. The van der Waals surface area contributed by atoms with Crippen LogP contribution >= 0.6 is 11.3 Å². The number of nitrogens with zero attached hydrogens (tertiary/aromatic N) is 2. The van der Waals surface area contributed by atoms with Crippen LogP contribution in [0.4, 0.5) is 5.69 Å². The molecule has 1 N–H and O–H groups in total. The molecule has 0 aliphatic carbocycles. The maximum absolute atomic E-state index is 12.6. The number of hydrogen-bond donors (Lipinski definition) is 1. The average Bonchev–Trinajstić information content (AvgIpc) is 3.25. The Kier molecular flexibility index (Phi) is 5.12. The lowest BCUT2D eigenvalue weighted by Crippen LogP contribution is -2.29. The topological polar surface area (TPSA) is 64.0 Å². The van der Waals surface area contributed by atoms with Crippen molar-refractivity contribution in [2.24, 2.45) is 0 Å². The van der Waals surface area contributed by atoms with Crippen LogP contribution in [0.25, 0.3) is 21.7 Å². The fourth-order valence-electron chi connectivity index (χ4n) is 2.91. The van der Waals surface area contributed by atoms with E-state index < -0.39 is 0 Å². The van der Waals surface area contributed by atoms with Crippen molar-refractivity contribution in [2.75, 3.05) is 5.32 Å².